The van der Waals surface area contributed by atoms with Crippen molar-refractivity contribution in [3.05, 3.63) is 42.2 Å². The Balaban J connectivity index is 1.53. The molecule has 2 amide bonds. The first-order chi connectivity index (χ1) is 14.9. The fourth-order valence-electron chi connectivity index (χ4n) is 4.05. The first-order valence-electron chi connectivity index (χ1n) is 10.7. The third-order valence-electron chi connectivity index (χ3n) is 5.56. The molecule has 4 rings (SSSR count). The number of likely N-dealkylation sites (tertiary alicyclic amines) is 1. The number of carbonyl (C=O) groups is 2. The van der Waals surface area contributed by atoms with Crippen LogP contribution in [0.25, 0.3) is 0 Å². The van der Waals surface area contributed by atoms with E-state index in [2.05, 4.69) is 10.3 Å². The molecule has 0 saturated carbocycles. The van der Waals surface area contributed by atoms with E-state index in [0.717, 1.165) is 22.8 Å². The van der Waals surface area contributed by atoms with Crippen LogP contribution in [0, 0.1) is 6.92 Å². The van der Waals surface area contributed by atoms with E-state index in [0.29, 0.717) is 31.7 Å². The lowest BCUT2D eigenvalue weighted by Gasteiger charge is -2.40. The number of para-hydroxylation sites is 1. The molecule has 2 aliphatic heterocycles. The molecule has 8 nitrogen and oxygen atoms in total. The molecule has 0 radical (unpaired) electrons. The van der Waals surface area contributed by atoms with Crippen LogP contribution in [0.2, 0.25) is 0 Å². The van der Waals surface area contributed by atoms with Crippen LogP contribution in [0.4, 0.5) is 21.9 Å². The van der Waals surface area contributed by atoms with Gasteiger partial charge in [-0.05, 0) is 57.9 Å². The number of piperidine rings is 1. The van der Waals surface area contributed by atoms with Gasteiger partial charge in [0.05, 0.1) is 28.9 Å². The number of nitrogens with one attached hydrogen (secondary N) is 1. The van der Waals surface area contributed by atoms with Crippen LogP contribution < -0.4 is 15.0 Å². The first kappa shape index (κ1) is 21.0. The van der Waals surface area contributed by atoms with Gasteiger partial charge in [-0.2, -0.15) is 0 Å². The van der Waals surface area contributed by atoms with Crippen molar-refractivity contribution in [3.63, 3.8) is 0 Å². The van der Waals surface area contributed by atoms with Gasteiger partial charge in [-0.25, -0.2) is 4.79 Å². The molecule has 3 heterocycles. The molecule has 1 fully saturated rings. The number of nitrogens with zero attached hydrogens (tertiary/aromatic N) is 3. The summed E-state index contributed by atoms with van der Waals surface area (Å²) in [6.07, 6.45) is 2.70. The zero-order valence-electron chi connectivity index (χ0n) is 18.1. The van der Waals surface area contributed by atoms with Gasteiger partial charge in [-0.3, -0.25) is 9.78 Å². The molecule has 0 aliphatic carbocycles. The van der Waals surface area contributed by atoms with Gasteiger partial charge in [0.1, 0.15) is 0 Å². The molecular weight excluding hydrogens is 396 g/mol. The van der Waals surface area contributed by atoms with E-state index in [4.69, 9.17) is 9.47 Å². The number of hydrogen-bond acceptors (Lipinski definition) is 6. The topological polar surface area (TPSA) is 84.0 Å². The van der Waals surface area contributed by atoms with Gasteiger partial charge in [-0.15, -0.1) is 0 Å². The molecule has 8 heteroatoms. The Kier molecular flexibility index (Phi) is 5.97. The van der Waals surface area contributed by atoms with E-state index in [1.165, 1.54) is 0 Å². The second-order valence-corrected chi connectivity index (χ2v) is 8.12. The molecule has 164 valence electrons. The van der Waals surface area contributed by atoms with E-state index < -0.39 is 0 Å². The van der Waals surface area contributed by atoms with Crippen molar-refractivity contribution in [1.82, 2.24) is 9.88 Å². The molecule has 1 N–H and O–H groups in total. The third kappa shape index (κ3) is 4.42. The molecule has 1 aromatic heterocycles. The minimum atomic E-state index is -0.291. The average molecular weight is 425 g/mol. The number of amides is 2. The van der Waals surface area contributed by atoms with Gasteiger partial charge in [0.2, 0.25) is 0 Å². The lowest BCUT2D eigenvalue weighted by Crippen LogP contribution is -2.51. The predicted molar refractivity (Wildman–Crippen MR) is 118 cm³/mol. The molecule has 31 heavy (non-hydrogen) atoms. The summed E-state index contributed by atoms with van der Waals surface area (Å²) in [6.45, 7) is 6.73. The smallest absolute Gasteiger partial charge is 0.410 e. The number of rotatable bonds is 4. The Hall–Kier alpha value is -3.29. The maximum atomic E-state index is 12.8. The summed E-state index contributed by atoms with van der Waals surface area (Å²) in [6, 6.07) is 9.60. The van der Waals surface area contributed by atoms with Crippen molar-refractivity contribution in [2.75, 3.05) is 29.9 Å². The average Bonchev–Trinajstić information content (AvgIpc) is 2.75. The number of pyridine rings is 1. The molecule has 0 unspecified atom stereocenters. The SMILES string of the molecule is Cc1ncccc1Nc1cccc2c1OCC(=O)N2C1CCN(C(=O)OC(C)C)CC1. The molecular formula is C23H28N4O4. The monoisotopic (exact) mass is 424 g/mol. The quantitative estimate of drug-likeness (QED) is 0.802. The number of fused-ring (bicyclic) bond motifs is 1. The lowest BCUT2D eigenvalue weighted by atomic mass is 10.0. The van der Waals surface area contributed by atoms with Crippen molar-refractivity contribution in [2.24, 2.45) is 0 Å². The standard InChI is InChI=1S/C23H28N4O4/c1-15(2)31-23(29)26-12-9-17(10-13-26)27-20-8-4-6-19(22(20)30-14-21(27)28)25-18-7-5-11-24-16(18)3/h4-8,11,15,17,25H,9-10,12-14H2,1-3H3. The fourth-order valence-corrected chi connectivity index (χ4v) is 4.05. The van der Waals surface area contributed by atoms with E-state index in [-0.39, 0.29) is 30.8 Å². The summed E-state index contributed by atoms with van der Waals surface area (Å²) in [7, 11) is 0. The van der Waals surface area contributed by atoms with Crippen molar-refractivity contribution in [2.45, 2.75) is 45.8 Å². The summed E-state index contributed by atoms with van der Waals surface area (Å²) < 4.78 is 11.1. The zero-order chi connectivity index (χ0) is 22.0. The highest BCUT2D eigenvalue weighted by Gasteiger charge is 2.36. The Morgan fingerprint density at radius 2 is 1.94 bits per heavy atom. The second-order valence-electron chi connectivity index (χ2n) is 8.12. The maximum Gasteiger partial charge on any atom is 0.410 e. The van der Waals surface area contributed by atoms with Crippen molar-refractivity contribution in [3.8, 4) is 5.75 Å². The molecule has 0 spiro atoms. The van der Waals surface area contributed by atoms with Crippen LogP contribution in [0.5, 0.6) is 5.75 Å². The van der Waals surface area contributed by atoms with E-state index in [1.54, 1.807) is 11.1 Å². The van der Waals surface area contributed by atoms with Crippen LogP contribution in [-0.4, -0.2) is 53.7 Å². The second kappa shape index (κ2) is 8.83. The third-order valence-corrected chi connectivity index (χ3v) is 5.56. The van der Waals surface area contributed by atoms with Crippen LogP contribution in [0.15, 0.2) is 36.5 Å². The van der Waals surface area contributed by atoms with Crippen LogP contribution in [-0.2, 0) is 9.53 Å². The molecule has 0 atom stereocenters. The fraction of sp³-hybridized carbons (Fsp3) is 0.435. The molecule has 2 aromatic rings. The Bertz CT molecular complexity index is 970. The van der Waals surface area contributed by atoms with E-state index >= 15 is 0 Å². The van der Waals surface area contributed by atoms with E-state index in [1.807, 2.05) is 56.0 Å². The minimum Gasteiger partial charge on any atom is -0.479 e. The number of aromatic nitrogens is 1. The lowest BCUT2D eigenvalue weighted by molar-refractivity contribution is -0.122. The van der Waals surface area contributed by atoms with Crippen molar-refractivity contribution < 1.29 is 19.1 Å². The number of benzene rings is 1. The van der Waals surface area contributed by atoms with Crippen LogP contribution >= 0.6 is 0 Å². The van der Waals surface area contributed by atoms with Gasteiger partial charge < -0.3 is 24.6 Å². The highest BCUT2D eigenvalue weighted by atomic mass is 16.6. The number of carbonyl (C=O) groups excluding carboxylic acids is 2. The van der Waals surface area contributed by atoms with Crippen LogP contribution in [0.1, 0.15) is 32.4 Å². The number of ether oxygens (including phenoxy) is 2. The summed E-state index contributed by atoms with van der Waals surface area (Å²) in [5.74, 6) is 0.595. The number of anilines is 3. The zero-order valence-corrected chi connectivity index (χ0v) is 18.1. The van der Waals surface area contributed by atoms with Gasteiger partial charge in [0.25, 0.3) is 5.91 Å². The van der Waals surface area contributed by atoms with Crippen LogP contribution in [0.3, 0.4) is 0 Å². The number of hydrogen-bond donors (Lipinski definition) is 1. The molecule has 1 aromatic carbocycles. The Morgan fingerprint density at radius 1 is 1.19 bits per heavy atom. The largest absolute Gasteiger partial charge is 0.479 e. The van der Waals surface area contributed by atoms with Gasteiger partial charge in [-0.1, -0.05) is 6.07 Å². The number of aryl methyl sites for hydroxylation is 1. The predicted octanol–water partition coefficient (Wildman–Crippen LogP) is 3.87. The van der Waals surface area contributed by atoms with Gasteiger partial charge >= 0.3 is 6.09 Å². The van der Waals surface area contributed by atoms with Gasteiger partial charge in [0.15, 0.2) is 12.4 Å². The first-order valence-corrected chi connectivity index (χ1v) is 10.7. The summed E-state index contributed by atoms with van der Waals surface area (Å²) in [5, 5.41) is 3.38. The summed E-state index contributed by atoms with van der Waals surface area (Å²) in [5.41, 5.74) is 3.32. The highest BCUT2D eigenvalue weighted by molar-refractivity contribution is 6.00. The minimum absolute atomic E-state index is 0.00663. The molecule has 1 saturated heterocycles. The van der Waals surface area contributed by atoms with Gasteiger partial charge in [0, 0.05) is 25.3 Å². The molecule has 0 bridgehead atoms. The summed E-state index contributed by atoms with van der Waals surface area (Å²) in [4.78, 5) is 32.9. The normalized spacial score (nSPS) is 16.7. The Morgan fingerprint density at radius 3 is 2.65 bits per heavy atom. The van der Waals surface area contributed by atoms with Crippen molar-refractivity contribution >= 4 is 29.1 Å². The highest BCUT2D eigenvalue weighted by Crippen LogP contribution is 2.42. The maximum absolute atomic E-state index is 12.8. The Labute approximate surface area is 182 Å². The van der Waals surface area contributed by atoms with E-state index in [9.17, 15) is 9.59 Å². The molecule has 2 aliphatic rings. The van der Waals surface area contributed by atoms with Crippen molar-refractivity contribution in [1.29, 1.82) is 0 Å². The summed E-state index contributed by atoms with van der Waals surface area (Å²) >= 11 is 0.